The van der Waals surface area contributed by atoms with Gasteiger partial charge in [-0.15, -0.1) is 0 Å². The van der Waals surface area contributed by atoms with E-state index in [0.29, 0.717) is 6.54 Å². The Hall–Kier alpha value is -1.35. The second-order valence-corrected chi connectivity index (χ2v) is 5.23. The summed E-state index contributed by atoms with van der Waals surface area (Å²) in [6.07, 6.45) is 2.05. The van der Waals surface area contributed by atoms with Gasteiger partial charge in [0.05, 0.1) is 6.04 Å². The molecular formula is C15H22N2O. The van der Waals surface area contributed by atoms with Gasteiger partial charge in [0.2, 0.25) is 5.91 Å². The van der Waals surface area contributed by atoms with Crippen LogP contribution < -0.4 is 10.6 Å². The smallest absolute Gasteiger partial charge is 0.237 e. The van der Waals surface area contributed by atoms with Crippen molar-refractivity contribution in [3.05, 3.63) is 34.4 Å². The third kappa shape index (κ3) is 2.91. The van der Waals surface area contributed by atoms with Crippen molar-refractivity contribution in [3.63, 3.8) is 0 Å². The summed E-state index contributed by atoms with van der Waals surface area (Å²) >= 11 is 0. The van der Waals surface area contributed by atoms with Gasteiger partial charge in [0.25, 0.3) is 0 Å². The minimum atomic E-state index is 0.0110. The van der Waals surface area contributed by atoms with Crippen LogP contribution in [0.15, 0.2) is 12.1 Å². The fourth-order valence-corrected chi connectivity index (χ4v) is 2.42. The van der Waals surface area contributed by atoms with Crippen LogP contribution in [-0.2, 0) is 11.3 Å². The summed E-state index contributed by atoms with van der Waals surface area (Å²) in [5, 5.41) is 6.24. The summed E-state index contributed by atoms with van der Waals surface area (Å²) < 4.78 is 0. The number of aryl methyl sites for hydroxylation is 3. The van der Waals surface area contributed by atoms with E-state index in [1.54, 1.807) is 0 Å². The van der Waals surface area contributed by atoms with E-state index in [2.05, 4.69) is 43.5 Å². The Balaban J connectivity index is 1.97. The molecule has 0 saturated carbocycles. The van der Waals surface area contributed by atoms with Crippen molar-refractivity contribution in [1.82, 2.24) is 10.6 Å². The summed E-state index contributed by atoms with van der Waals surface area (Å²) in [6.45, 7) is 7.91. The second kappa shape index (κ2) is 5.53. The van der Waals surface area contributed by atoms with Gasteiger partial charge in [-0.25, -0.2) is 0 Å². The molecule has 0 spiro atoms. The highest BCUT2D eigenvalue weighted by Gasteiger charge is 2.21. The Labute approximate surface area is 109 Å². The Kier molecular flexibility index (Phi) is 4.02. The summed E-state index contributed by atoms with van der Waals surface area (Å²) in [4.78, 5) is 11.9. The molecule has 1 aliphatic heterocycles. The van der Waals surface area contributed by atoms with Gasteiger partial charge in [0.15, 0.2) is 0 Å². The van der Waals surface area contributed by atoms with Crippen molar-refractivity contribution >= 4 is 5.91 Å². The van der Waals surface area contributed by atoms with Crippen LogP contribution in [0, 0.1) is 20.8 Å². The molecule has 1 unspecified atom stereocenters. The molecule has 1 aliphatic rings. The molecule has 18 heavy (non-hydrogen) atoms. The van der Waals surface area contributed by atoms with Crippen molar-refractivity contribution < 1.29 is 4.79 Å². The molecule has 1 atom stereocenters. The highest BCUT2D eigenvalue weighted by Crippen LogP contribution is 2.15. The molecule has 1 aromatic carbocycles. The van der Waals surface area contributed by atoms with E-state index >= 15 is 0 Å². The van der Waals surface area contributed by atoms with E-state index in [1.165, 1.54) is 22.3 Å². The van der Waals surface area contributed by atoms with Crippen LogP contribution in [0.25, 0.3) is 0 Å². The number of hydrogen-bond acceptors (Lipinski definition) is 2. The average Bonchev–Trinajstić information content (AvgIpc) is 2.85. The minimum absolute atomic E-state index is 0.0110. The third-order valence-electron chi connectivity index (χ3n) is 3.78. The number of rotatable bonds is 3. The van der Waals surface area contributed by atoms with Gasteiger partial charge in [-0.1, -0.05) is 12.1 Å². The first kappa shape index (κ1) is 13.1. The van der Waals surface area contributed by atoms with Crippen LogP contribution in [0.2, 0.25) is 0 Å². The van der Waals surface area contributed by atoms with Crippen molar-refractivity contribution in [2.24, 2.45) is 0 Å². The molecule has 98 valence electrons. The zero-order chi connectivity index (χ0) is 13.1. The fraction of sp³-hybridized carbons (Fsp3) is 0.533. The van der Waals surface area contributed by atoms with Gasteiger partial charge in [-0.05, 0) is 62.4 Å². The molecule has 3 nitrogen and oxygen atoms in total. The highest BCUT2D eigenvalue weighted by atomic mass is 16.2. The SMILES string of the molecule is Cc1cc(C)c(CNC(=O)C2CCCN2)cc1C. The Morgan fingerprint density at radius 1 is 1.28 bits per heavy atom. The first-order valence-corrected chi connectivity index (χ1v) is 6.66. The van der Waals surface area contributed by atoms with E-state index < -0.39 is 0 Å². The number of benzene rings is 1. The van der Waals surface area contributed by atoms with Gasteiger partial charge in [-0.3, -0.25) is 4.79 Å². The molecule has 1 heterocycles. The van der Waals surface area contributed by atoms with Gasteiger partial charge in [0.1, 0.15) is 0 Å². The molecule has 2 N–H and O–H groups in total. The number of carbonyl (C=O) groups is 1. The number of amides is 1. The van der Waals surface area contributed by atoms with Crippen molar-refractivity contribution in [2.45, 2.75) is 46.2 Å². The van der Waals surface area contributed by atoms with Crippen molar-refractivity contribution in [2.75, 3.05) is 6.54 Å². The predicted octanol–water partition coefficient (Wildman–Crippen LogP) is 1.98. The molecule has 3 heteroatoms. The van der Waals surface area contributed by atoms with Gasteiger partial charge >= 0.3 is 0 Å². The second-order valence-electron chi connectivity index (χ2n) is 5.23. The topological polar surface area (TPSA) is 41.1 Å². The Morgan fingerprint density at radius 2 is 2.00 bits per heavy atom. The van der Waals surface area contributed by atoms with E-state index in [0.717, 1.165) is 19.4 Å². The van der Waals surface area contributed by atoms with Crippen LogP contribution in [0.5, 0.6) is 0 Å². The van der Waals surface area contributed by atoms with Crippen LogP contribution in [-0.4, -0.2) is 18.5 Å². The van der Waals surface area contributed by atoms with E-state index in [-0.39, 0.29) is 11.9 Å². The molecule has 0 aliphatic carbocycles. The molecule has 0 bridgehead atoms. The average molecular weight is 246 g/mol. The zero-order valence-corrected chi connectivity index (χ0v) is 11.5. The maximum atomic E-state index is 11.9. The zero-order valence-electron chi connectivity index (χ0n) is 11.5. The first-order chi connectivity index (χ1) is 8.58. The Bertz CT molecular complexity index is 448. The summed E-state index contributed by atoms with van der Waals surface area (Å²) in [7, 11) is 0. The quantitative estimate of drug-likeness (QED) is 0.856. The van der Waals surface area contributed by atoms with Crippen LogP contribution >= 0.6 is 0 Å². The first-order valence-electron chi connectivity index (χ1n) is 6.66. The maximum absolute atomic E-state index is 11.9. The maximum Gasteiger partial charge on any atom is 0.237 e. The van der Waals surface area contributed by atoms with Crippen LogP contribution in [0.3, 0.4) is 0 Å². The lowest BCUT2D eigenvalue weighted by atomic mass is 10.0. The lowest BCUT2D eigenvalue weighted by molar-refractivity contribution is -0.122. The molecule has 1 fully saturated rings. The summed E-state index contributed by atoms with van der Waals surface area (Å²) in [5.41, 5.74) is 5.05. The molecule has 1 saturated heterocycles. The van der Waals surface area contributed by atoms with Crippen molar-refractivity contribution in [1.29, 1.82) is 0 Å². The normalized spacial score (nSPS) is 18.9. The van der Waals surface area contributed by atoms with E-state index in [1.807, 2.05) is 0 Å². The molecule has 0 radical (unpaired) electrons. The predicted molar refractivity (Wildman–Crippen MR) is 73.5 cm³/mol. The number of carbonyl (C=O) groups excluding carboxylic acids is 1. The lowest BCUT2D eigenvalue weighted by Gasteiger charge is -2.14. The fourth-order valence-electron chi connectivity index (χ4n) is 2.42. The molecule has 1 aromatic rings. The van der Waals surface area contributed by atoms with Crippen LogP contribution in [0.1, 0.15) is 35.1 Å². The van der Waals surface area contributed by atoms with Crippen LogP contribution in [0.4, 0.5) is 0 Å². The van der Waals surface area contributed by atoms with Gasteiger partial charge < -0.3 is 10.6 Å². The Morgan fingerprint density at radius 3 is 2.67 bits per heavy atom. The molecule has 1 amide bonds. The standard InChI is InChI=1S/C15H22N2O/c1-10-7-12(3)13(8-11(10)2)9-17-15(18)14-5-4-6-16-14/h7-8,14,16H,4-6,9H2,1-3H3,(H,17,18). The molecule has 2 rings (SSSR count). The van der Waals surface area contributed by atoms with Gasteiger partial charge in [0, 0.05) is 6.54 Å². The third-order valence-corrected chi connectivity index (χ3v) is 3.78. The van der Waals surface area contributed by atoms with Crippen molar-refractivity contribution in [3.8, 4) is 0 Å². The van der Waals surface area contributed by atoms with Gasteiger partial charge in [-0.2, -0.15) is 0 Å². The summed E-state index contributed by atoms with van der Waals surface area (Å²) in [5.74, 6) is 0.130. The van der Waals surface area contributed by atoms with E-state index in [4.69, 9.17) is 0 Å². The largest absolute Gasteiger partial charge is 0.351 e. The van der Waals surface area contributed by atoms with E-state index in [9.17, 15) is 4.79 Å². The molecule has 0 aromatic heterocycles. The highest BCUT2D eigenvalue weighted by molar-refractivity contribution is 5.82. The molecular weight excluding hydrogens is 224 g/mol. The summed E-state index contributed by atoms with van der Waals surface area (Å²) in [6, 6.07) is 4.37. The number of nitrogens with one attached hydrogen (secondary N) is 2. The lowest BCUT2D eigenvalue weighted by Crippen LogP contribution is -2.40. The minimum Gasteiger partial charge on any atom is -0.351 e. The monoisotopic (exact) mass is 246 g/mol. The number of hydrogen-bond donors (Lipinski definition) is 2.